The van der Waals surface area contributed by atoms with Gasteiger partial charge in [0.1, 0.15) is 5.75 Å². The maximum atomic E-state index is 5.32. The molecule has 2 aromatic rings. The lowest BCUT2D eigenvalue weighted by Gasteiger charge is -2.35. The Morgan fingerprint density at radius 3 is 2.48 bits per heavy atom. The molecule has 2 aliphatic rings. The van der Waals surface area contributed by atoms with E-state index in [9.17, 15) is 0 Å². The van der Waals surface area contributed by atoms with Crippen molar-refractivity contribution in [3.8, 4) is 5.75 Å². The monoisotopic (exact) mass is 356 g/mol. The fourth-order valence-electron chi connectivity index (χ4n) is 3.60. The van der Waals surface area contributed by atoms with E-state index < -0.39 is 0 Å². The summed E-state index contributed by atoms with van der Waals surface area (Å²) >= 11 is 0. The number of halogens is 2. The molecule has 1 aromatic carbocycles. The lowest BCUT2D eigenvalue weighted by atomic mass is 10.2. The van der Waals surface area contributed by atoms with Gasteiger partial charge in [0.2, 0.25) is 5.95 Å². The molecule has 2 bridgehead atoms. The number of hydrogen-bond acceptors (Lipinski definition) is 5. The summed E-state index contributed by atoms with van der Waals surface area (Å²) in [5.41, 5.74) is 2.00. The summed E-state index contributed by atoms with van der Waals surface area (Å²) in [6.45, 7) is 4.13. The molecule has 0 amide bonds. The number of methoxy groups -OCH3 is 1. The average Bonchev–Trinajstić information content (AvgIpc) is 2.76. The van der Waals surface area contributed by atoms with Crippen LogP contribution in [0, 0.1) is 6.92 Å². The lowest BCUT2D eigenvalue weighted by Crippen LogP contribution is -2.52. The fourth-order valence-corrected chi connectivity index (χ4v) is 3.60. The second kappa shape index (κ2) is 7.07. The quantitative estimate of drug-likeness (QED) is 0.896. The third-order valence-electron chi connectivity index (χ3n) is 4.69. The van der Waals surface area contributed by atoms with Gasteiger partial charge >= 0.3 is 0 Å². The van der Waals surface area contributed by atoms with Crippen molar-refractivity contribution in [1.82, 2.24) is 15.3 Å². The van der Waals surface area contributed by atoms with Crippen LogP contribution in [0.25, 0.3) is 10.9 Å². The van der Waals surface area contributed by atoms with Crippen LogP contribution in [0.5, 0.6) is 5.75 Å². The number of nitrogens with one attached hydrogen (secondary N) is 1. The van der Waals surface area contributed by atoms with Gasteiger partial charge in [-0.05, 0) is 31.9 Å². The summed E-state index contributed by atoms with van der Waals surface area (Å²) in [4.78, 5) is 12.0. The molecule has 2 aliphatic heterocycles. The molecule has 2 atom stereocenters. The van der Waals surface area contributed by atoms with Crippen LogP contribution in [0.1, 0.15) is 18.5 Å². The summed E-state index contributed by atoms with van der Waals surface area (Å²) in [7, 11) is 1.69. The first-order chi connectivity index (χ1) is 10.3. The molecule has 1 aromatic heterocycles. The van der Waals surface area contributed by atoms with E-state index in [0.717, 1.165) is 41.4 Å². The van der Waals surface area contributed by atoms with Crippen LogP contribution in [0.2, 0.25) is 0 Å². The molecular weight excluding hydrogens is 335 g/mol. The van der Waals surface area contributed by atoms with Gasteiger partial charge in [0.15, 0.2) is 0 Å². The highest BCUT2D eigenvalue weighted by Crippen LogP contribution is 2.32. The molecule has 0 aliphatic carbocycles. The molecule has 3 heterocycles. The van der Waals surface area contributed by atoms with Gasteiger partial charge in [0.05, 0.1) is 18.3 Å². The second-order valence-electron chi connectivity index (χ2n) is 5.94. The molecule has 5 nitrogen and oxygen atoms in total. The van der Waals surface area contributed by atoms with E-state index in [1.807, 2.05) is 18.2 Å². The topological polar surface area (TPSA) is 50.3 Å². The number of aromatic nitrogens is 2. The summed E-state index contributed by atoms with van der Waals surface area (Å²) in [5.74, 6) is 1.72. The van der Waals surface area contributed by atoms with E-state index in [-0.39, 0.29) is 24.8 Å². The van der Waals surface area contributed by atoms with E-state index in [1.165, 1.54) is 12.8 Å². The van der Waals surface area contributed by atoms with Gasteiger partial charge in [0.25, 0.3) is 0 Å². The smallest absolute Gasteiger partial charge is 0.226 e. The zero-order valence-electron chi connectivity index (χ0n) is 13.3. The number of ether oxygens (including phenoxy) is 1. The molecule has 23 heavy (non-hydrogen) atoms. The number of fused-ring (bicyclic) bond motifs is 3. The van der Waals surface area contributed by atoms with Crippen molar-refractivity contribution >= 4 is 41.7 Å². The molecular formula is C16H22Cl2N4O. The molecule has 2 fully saturated rings. The van der Waals surface area contributed by atoms with Gasteiger partial charge in [0, 0.05) is 36.6 Å². The van der Waals surface area contributed by atoms with E-state index >= 15 is 0 Å². The average molecular weight is 357 g/mol. The largest absolute Gasteiger partial charge is 0.497 e. The molecule has 4 rings (SSSR count). The zero-order valence-corrected chi connectivity index (χ0v) is 14.9. The Kier molecular flexibility index (Phi) is 5.55. The van der Waals surface area contributed by atoms with E-state index in [2.05, 4.69) is 17.1 Å². The molecule has 0 radical (unpaired) electrons. The van der Waals surface area contributed by atoms with Crippen LogP contribution in [0.4, 0.5) is 5.95 Å². The van der Waals surface area contributed by atoms with Crippen molar-refractivity contribution in [3.63, 3.8) is 0 Å². The third kappa shape index (κ3) is 3.05. The van der Waals surface area contributed by atoms with Crippen molar-refractivity contribution in [2.75, 3.05) is 25.1 Å². The van der Waals surface area contributed by atoms with Crippen molar-refractivity contribution in [2.45, 2.75) is 31.8 Å². The van der Waals surface area contributed by atoms with Crippen LogP contribution in [-0.2, 0) is 0 Å². The summed E-state index contributed by atoms with van der Waals surface area (Å²) in [6.07, 6.45) is 2.46. The maximum Gasteiger partial charge on any atom is 0.226 e. The second-order valence-corrected chi connectivity index (χ2v) is 5.94. The highest BCUT2D eigenvalue weighted by atomic mass is 35.5. The Balaban J connectivity index is 0.000000960. The molecule has 7 heteroatoms. The molecule has 0 unspecified atom stereocenters. The Morgan fingerprint density at radius 2 is 1.83 bits per heavy atom. The standard InChI is InChI=1S/C16H20N4O.2ClH/c1-10-14-6-5-13(21-2)7-15(14)19-16(18-10)20-11-3-4-12(20)9-17-8-11;;/h5-7,11-12,17H,3-4,8-9H2,1-2H3;2*1H/t11-,12+;;. The van der Waals surface area contributed by atoms with E-state index in [1.54, 1.807) is 7.11 Å². The Labute approximate surface area is 148 Å². The van der Waals surface area contributed by atoms with Crippen LogP contribution >= 0.6 is 24.8 Å². The summed E-state index contributed by atoms with van der Waals surface area (Å²) in [5, 5.41) is 4.60. The molecule has 0 spiro atoms. The van der Waals surface area contributed by atoms with Gasteiger partial charge in [-0.25, -0.2) is 9.97 Å². The first kappa shape index (κ1) is 18.0. The number of anilines is 1. The number of benzene rings is 1. The lowest BCUT2D eigenvalue weighted by molar-refractivity contribution is 0.415. The number of nitrogens with zero attached hydrogens (tertiary/aromatic N) is 3. The van der Waals surface area contributed by atoms with Gasteiger partial charge in [-0.15, -0.1) is 24.8 Å². The van der Waals surface area contributed by atoms with Crippen LogP contribution in [-0.4, -0.2) is 42.3 Å². The Morgan fingerprint density at radius 1 is 1.13 bits per heavy atom. The predicted molar refractivity (Wildman–Crippen MR) is 97.5 cm³/mol. The predicted octanol–water partition coefficient (Wildman–Crippen LogP) is 2.73. The van der Waals surface area contributed by atoms with Gasteiger partial charge in [-0.1, -0.05) is 0 Å². The van der Waals surface area contributed by atoms with Crippen LogP contribution < -0.4 is 15.0 Å². The maximum absolute atomic E-state index is 5.32. The van der Waals surface area contributed by atoms with Crippen LogP contribution in [0.15, 0.2) is 18.2 Å². The fraction of sp³-hybridized carbons (Fsp3) is 0.500. The van der Waals surface area contributed by atoms with Gasteiger partial charge < -0.3 is 15.0 Å². The minimum absolute atomic E-state index is 0. The number of piperazine rings is 1. The minimum Gasteiger partial charge on any atom is -0.497 e. The zero-order chi connectivity index (χ0) is 14.4. The highest BCUT2D eigenvalue weighted by Gasteiger charge is 2.38. The SMILES string of the molecule is COc1ccc2c(C)nc(N3[C@@H]4CC[C@H]3CNC4)nc2c1.Cl.Cl. The molecule has 126 valence electrons. The Hall–Kier alpha value is -1.30. The van der Waals surface area contributed by atoms with Crippen LogP contribution in [0.3, 0.4) is 0 Å². The molecule has 1 N–H and O–H groups in total. The Bertz CT molecular complexity index is 681. The van der Waals surface area contributed by atoms with Gasteiger partial charge in [-0.2, -0.15) is 0 Å². The minimum atomic E-state index is 0. The highest BCUT2D eigenvalue weighted by molar-refractivity contribution is 5.85. The van der Waals surface area contributed by atoms with E-state index in [0.29, 0.717) is 12.1 Å². The number of aryl methyl sites for hydroxylation is 1. The number of hydrogen-bond donors (Lipinski definition) is 1. The van der Waals surface area contributed by atoms with Crippen molar-refractivity contribution in [1.29, 1.82) is 0 Å². The summed E-state index contributed by atoms with van der Waals surface area (Å²) in [6, 6.07) is 7.07. The molecule has 2 saturated heterocycles. The normalized spacial score (nSPS) is 22.4. The van der Waals surface area contributed by atoms with Crippen molar-refractivity contribution in [3.05, 3.63) is 23.9 Å². The molecule has 0 saturated carbocycles. The summed E-state index contributed by atoms with van der Waals surface area (Å²) < 4.78 is 5.32. The van der Waals surface area contributed by atoms with Gasteiger partial charge in [-0.3, -0.25) is 0 Å². The van der Waals surface area contributed by atoms with E-state index in [4.69, 9.17) is 14.7 Å². The third-order valence-corrected chi connectivity index (χ3v) is 4.69. The van der Waals surface area contributed by atoms with Crippen molar-refractivity contribution in [2.24, 2.45) is 0 Å². The first-order valence-electron chi connectivity index (χ1n) is 7.57. The number of rotatable bonds is 2. The van der Waals surface area contributed by atoms with Crippen molar-refractivity contribution < 1.29 is 4.74 Å². The first-order valence-corrected chi connectivity index (χ1v) is 7.57.